The first-order valence-corrected chi connectivity index (χ1v) is 6.74. The van der Waals surface area contributed by atoms with Crippen molar-refractivity contribution >= 4 is 0 Å². The predicted octanol–water partition coefficient (Wildman–Crippen LogP) is 3.14. The first-order valence-electron chi connectivity index (χ1n) is 6.74. The summed E-state index contributed by atoms with van der Waals surface area (Å²) in [5.41, 5.74) is 7.70. The van der Waals surface area contributed by atoms with E-state index in [4.69, 9.17) is 10.5 Å². The van der Waals surface area contributed by atoms with Crippen molar-refractivity contribution in [1.82, 2.24) is 4.98 Å². The number of nitrogens with two attached hydrogens (primary N) is 1. The summed E-state index contributed by atoms with van der Waals surface area (Å²) < 4.78 is 32.0. The minimum absolute atomic E-state index is 0.0167. The zero-order chi connectivity index (χ0) is 15.4. The molecule has 0 fully saturated rings. The van der Waals surface area contributed by atoms with Gasteiger partial charge in [-0.2, -0.15) is 0 Å². The molecule has 2 rings (SSSR count). The van der Waals surface area contributed by atoms with Crippen LogP contribution in [-0.4, -0.2) is 11.0 Å². The summed E-state index contributed by atoms with van der Waals surface area (Å²) in [4.78, 5) is 4.40. The molecule has 21 heavy (non-hydrogen) atoms. The Kier molecular flexibility index (Phi) is 4.85. The number of rotatable bonds is 5. The second-order valence-corrected chi connectivity index (χ2v) is 5.10. The number of benzene rings is 1. The number of aryl methyl sites for hydroxylation is 1. The van der Waals surface area contributed by atoms with Crippen LogP contribution in [0, 0.1) is 18.6 Å². The van der Waals surface area contributed by atoms with Gasteiger partial charge in [-0.25, -0.2) is 8.78 Å². The molecule has 0 spiro atoms. The van der Waals surface area contributed by atoms with E-state index < -0.39 is 11.6 Å². The third-order valence-corrected chi connectivity index (χ3v) is 2.99. The Morgan fingerprint density at radius 2 is 2.00 bits per heavy atom. The molecule has 1 aromatic heterocycles. The number of hydrogen-bond acceptors (Lipinski definition) is 3. The predicted molar refractivity (Wildman–Crippen MR) is 77.0 cm³/mol. The fraction of sp³-hybridized carbons (Fsp3) is 0.312. The molecule has 2 aromatic rings. The molecule has 112 valence electrons. The van der Waals surface area contributed by atoms with E-state index in [-0.39, 0.29) is 12.6 Å². The third kappa shape index (κ3) is 4.23. The Morgan fingerprint density at radius 1 is 1.24 bits per heavy atom. The molecule has 2 N–H and O–H groups in total. The lowest BCUT2D eigenvalue weighted by molar-refractivity contribution is 0.294. The first-order chi connectivity index (χ1) is 9.95. The van der Waals surface area contributed by atoms with Gasteiger partial charge in [-0.05, 0) is 38.1 Å². The normalized spacial score (nSPS) is 12.2. The SMILES string of the molecule is Cc1ccc(OCc2ccc(F)cc2F)c(CC(C)N)n1. The largest absolute Gasteiger partial charge is 0.487 e. The topological polar surface area (TPSA) is 48.1 Å². The van der Waals surface area contributed by atoms with Crippen molar-refractivity contribution in [3.05, 3.63) is 58.9 Å². The molecular weight excluding hydrogens is 274 g/mol. The summed E-state index contributed by atoms with van der Waals surface area (Å²) in [5, 5.41) is 0. The van der Waals surface area contributed by atoms with Crippen LogP contribution in [0.15, 0.2) is 30.3 Å². The van der Waals surface area contributed by atoms with Gasteiger partial charge in [0.15, 0.2) is 0 Å². The van der Waals surface area contributed by atoms with Crippen LogP contribution in [0.2, 0.25) is 0 Å². The van der Waals surface area contributed by atoms with E-state index in [9.17, 15) is 8.78 Å². The first kappa shape index (κ1) is 15.4. The minimum atomic E-state index is -0.621. The lowest BCUT2D eigenvalue weighted by atomic mass is 10.1. The van der Waals surface area contributed by atoms with Crippen LogP contribution in [0.4, 0.5) is 8.78 Å². The summed E-state index contributed by atoms with van der Waals surface area (Å²) in [6.07, 6.45) is 0.572. The number of ether oxygens (including phenoxy) is 1. The Bertz CT molecular complexity index is 630. The van der Waals surface area contributed by atoms with Crippen molar-refractivity contribution in [2.45, 2.75) is 32.9 Å². The van der Waals surface area contributed by atoms with Crippen LogP contribution in [-0.2, 0) is 13.0 Å². The molecule has 0 aliphatic rings. The number of nitrogens with zero attached hydrogens (tertiary/aromatic N) is 1. The quantitative estimate of drug-likeness (QED) is 0.921. The highest BCUT2D eigenvalue weighted by Crippen LogP contribution is 2.20. The molecular formula is C16H18F2N2O. The van der Waals surface area contributed by atoms with Crippen molar-refractivity contribution in [2.24, 2.45) is 5.73 Å². The van der Waals surface area contributed by atoms with Crippen molar-refractivity contribution in [1.29, 1.82) is 0 Å². The summed E-state index contributed by atoms with van der Waals surface area (Å²) in [7, 11) is 0. The summed E-state index contributed by atoms with van der Waals surface area (Å²) in [5.74, 6) is -0.656. The number of halogens is 2. The van der Waals surface area contributed by atoms with Gasteiger partial charge in [0.25, 0.3) is 0 Å². The lowest BCUT2D eigenvalue weighted by Crippen LogP contribution is -2.19. The standard InChI is InChI=1S/C16H18F2N2O/c1-10(19)7-15-16(6-3-11(2)20-15)21-9-12-4-5-13(17)8-14(12)18/h3-6,8,10H,7,9,19H2,1-2H3. The average Bonchev–Trinajstić information content (AvgIpc) is 2.39. The van der Waals surface area contributed by atoms with Crippen LogP contribution in [0.5, 0.6) is 5.75 Å². The molecule has 1 atom stereocenters. The second kappa shape index (κ2) is 6.63. The Labute approximate surface area is 122 Å². The molecule has 0 saturated carbocycles. The third-order valence-electron chi connectivity index (χ3n) is 2.99. The molecule has 0 aliphatic heterocycles. The Balaban J connectivity index is 2.15. The van der Waals surface area contributed by atoms with Gasteiger partial charge >= 0.3 is 0 Å². The van der Waals surface area contributed by atoms with Crippen molar-refractivity contribution in [3.8, 4) is 5.75 Å². The van der Waals surface area contributed by atoms with Crippen LogP contribution in [0.25, 0.3) is 0 Å². The zero-order valence-corrected chi connectivity index (χ0v) is 12.1. The van der Waals surface area contributed by atoms with Crippen LogP contribution in [0.1, 0.15) is 23.9 Å². The minimum Gasteiger partial charge on any atom is -0.487 e. The lowest BCUT2D eigenvalue weighted by Gasteiger charge is -2.13. The van der Waals surface area contributed by atoms with Gasteiger partial charge in [0.2, 0.25) is 0 Å². The van der Waals surface area contributed by atoms with Crippen LogP contribution in [0.3, 0.4) is 0 Å². The summed E-state index contributed by atoms with van der Waals surface area (Å²) in [6.45, 7) is 3.78. The average molecular weight is 292 g/mol. The van der Waals surface area contributed by atoms with Crippen LogP contribution < -0.4 is 10.5 Å². The summed E-state index contributed by atoms with van der Waals surface area (Å²) in [6, 6.07) is 6.98. The second-order valence-electron chi connectivity index (χ2n) is 5.10. The Hall–Kier alpha value is -2.01. The number of aromatic nitrogens is 1. The molecule has 5 heteroatoms. The van der Waals surface area contributed by atoms with E-state index in [1.165, 1.54) is 12.1 Å². The fourth-order valence-corrected chi connectivity index (χ4v) is 1.97. The molecule has 1 aromatic carbocycles. The molecule has 0 bridgehead atoms. The van der Waals surface area contributed by atoms with Gasteiger partial charge in [-0.15, -0.1) is 0 Å². The van der Waals surface area contributed by atoms with Crippen molar-refractivity contribution < 1.29 is 13.5 Å². The van der Waals surface area contributed by atoms with Gasteiger partial charge in [0, 0.05) is 29.8 Å². The van der Waals surface area contributed by atoms with Gasteiger partial charge in [0.05, 0.1) is 5.69 Å². The molecule has 1 heterocycles. The molecule has 0 radical (unpaired) electrons. The van der Waals surface area contributed by atoms with Gasteiger partial charge in [-0.3, -0.25) is 4.98 Å². The number of hydrogen-bond donors (Lipinski definition) is 1. The highest BCUT2D eigenvalue weighted by atomic mass is 19.1. The van der Waals surface area contributed by atoms with E-state index in [2.05, 4.69) is 4.98 Å². The van der Waals surface area contributed by atoms with Gasteiger partial charge in [-0.1, -0.05) is 0 Å². The van der Waals surface area contributed by atoms with Crippen molar-refractivity contribution in [3.63, 3.8) is 0 Å². The van der Waals surface area contributed by atoms with E-state index >= 15 is 0 Å². The maximum atomic E-state index is 13.6. The van der Waals surface area contributed by atoms with Crippen molar-refractivity contribution in [2.75, 3.05) is 0 Å². The Morgan fingerprint density at radius 3 is 2.67 bits per heavy atom. The van der Waals surface area contributed by atoms with E-state index in [1.807, 2.05) is 19.9 Å². The van der Waals surface area contributed by atoms with E-state index in [0.29, 0.717) is 17.7 Å². The summed E-state index contributed by atoms with van der Waals surface area (Å²) >= 11 is 0. The van der Waals surface area contributed by atoms with E-state index in [0.717, 1.165) is 17.5 Å². The molecule has 0 aliphatic carbocycles. The highest BCUT2D eigenvalue weighted by Gasteiger charge is 2.10. The molecule has 0 amide bonds. The monoisotopic (exact) mass is 292 g/mol. The van der Waals surface area contributed by atoms with E-state index in [1.54, 1.807) is 6.07 Å². The van der Waals surface area contributed by atoms with Gasteiger partial charge < -0.3 is 10.5 Å². The number of pyridine rings is 1. The van der Waals surface area contributed by atoms with Gasteiger partial charge in [0.1, 0.15) is 24.0 Å². The smallest absolute Gasteiger partial charge is 0.141 e. The maximum Gasteiger partial charge on any atom is 0.141 e. The fourth-order valence-electron chi connectivity index (χ4n) is 1.97. The highest BCUT2D eigenvalue weighted by molar-refractivity contribution is 5.30. The zero-order valence-electron chi connectivity index (χ0n) is 12.1. The molecule has 3 nitrogen and oxygen atoms in total. The molecule has 0 saturated heterocycles. The maximum absolute atomic E-state index is 13.6. The van der Waals surface area contributed by atoms with Crippen LogP contribution >= 0.6 is 0 Å². The molecule has 1 unspecified atom stereocenters.